The van der Waals surface area contributed by atoms with Gasteiger partial charge in [0, 0.05) is 17.7 Å². The van der Waals surface area contributed by atoms with E-state index in [1.165, 1.54) is 18.2 Å². The molecule has 2 aromatic rings. The zero-order valence-corrected chi connectivity index (χ0v) is 12.2. The van der Waals surface area contributed by atoms with Crippen LogP contribution in [0.2, 0.25) is 0 Å². The van der Waals surface area contributed by atoms with E-state index in [1.807, 2.05) is 23.8 Å². The van der Waals surface area contributed by atoms with Gasteiger partial charge in [-0.25, -0.2) is 0 Å². The van der Waals surface area contributed by atoms with Gasteiger partial charge in [0.25, 0.3) is 11.6 Å². The van der Waals surface area contributed by atoms with Crippen LogP contribution < -0.4 is 11.1 Å². The molecule has 21 heavy (non-hydrogen) atoms. The highest BCUT2D eigenvalue weighted by Crippen LogP contribution is 2.22. The number of carbonyl (C=O) groups excluding carboxylic acids is 1. The highest BCUT2D eigenvalue weighted by atomic mass is 32.1. The summed E-state index contributed by atoms with van der Waals surface area (Å²) in [5.74, 6) is -0.292. The lowest BCUT2D eigenvalue weighted by Gasteiger charge is -2.13. The standard InChI is InChI=1S/C14H15N3O3S/c1-9(6-10-4-5-21-8-10)16-14(18)11-2-3-13(17(19)20)12(15)7-11/h2-5,7-9H,6,15H2,1H3,(H,16,18). The highest BCUT2D eigenvalue weighted by molar-refractivity contribution is 7.07. The largest absolute Gasteiger partial charge is 0.393 e. The third kappa shape index (κ3) is 3.79. The first-order chi connectivity index (χ1) is 9.97. The number of carbonyl (C=O) groups is 1. The van der Waals surface area contributed by atoms with Gasteiger partial charge in [0.2, 0.25) is 0 Å². The van der Waals surface area contributed by atoms with E-state index >= 15 is 0 Å². The molecular formula is C14H15N3O3S. The number of anilines is 1. The second-order valence-corrected chi connectivity index (χ2v) is 5.52. The molecule has 1 atom stereocenters. The number of hydrogen-bond acceptors (Lipinski definition) is 5. The third-order valence-corrected chi connectivity index (χ3v) is 3.72. The van der Waals surface area contributed by atoms with Gasteiger partial charge in [-0.1, -0.05) is 0 Å². The summed E-state index contributed by atoms with van der Waals surface area (Å²) in [5, 5.41) is 17.6. The van der Waals surface area contributed by atoms with Gasteiger partial charge < -0.3 is 11.1 Å². The van der Waals surface area contributed by atoms with E-state index in [1.54, 1.807) is 11.3 Å². The van der Waals surface area contributed by atoms with Crippen LogP contribution >= 0.6 is 11.3 Å². The molecular weight excluding hydrogens is 290 g/mol. The van der Waals surface area contributed by atoms with Crippen molar-refractivity contribution in [2.45, 2.75) is 19.4 Å². The van der Waals surface area contributed by atoms with Gasteiger partial charge in [0.1, 0.15) is 5.69 Å². The summed E-state index contributed by atoms with van der Waals surface area (Å²) in [6, 6.07) is 5.94. The summed E-state index contributed by atoms with van der Waals surface area (Å²) >= 11 is 1.61. The van der Waals surface area contributed by atoms with Gasteiger partial charge in [-0.2, -0.15) is 11.3 Å². The van der Waals surface area contributed by atoms with Crippen molar-refractivity contribution < 1.29 is 9.72 Å². The fourth-order valence-electron chi connectivity index (χ4n) is 1.98. The van der Waals surface area contributed by atoms with Crippen molar-refractivity contribution in [3.8, 4) is 0 Å². The number of nitro benzene ring substituents is 1. The fraction of sp³-hybridized carbons (Fsp3) is 0.214. The minimum absolute atomic E-state index is 0.0156. The maximum atomic E-state index is 12.1. The summed E-state index contributed by atoms with van der Waals surface area (Å²) in [6.07, 6.45) is 0.734. The molecule has 0 fully saturated rings. The van der Waals surface area contributed by atoms with Crippen molar-refractivity contribution in [3.05, 3.63) is 56.3 Å². The molecule has 3 N–H and O–H groups in total. The molecule has 1 aromatic heterocycles. The number of thiophene rings is 1. The Balaban J connectivity index is 2.03. The van der Waals surface area contributed by atoms with Crippen molar-refractivity contribution in [1.82, 2.24) is 5.32 Å². The van der Waals surface area contributed by atoms with Crippen LogP contribution in [-0.2, 0) is 6.42 Å². The van der Waals surface area contributed by atoms with Gasteiger partial charge in [-0.15, -0.1) is 0 Å². The Kier molecular flexibility index (Phi) is 4.54. The summed E-state index contributed by atoms with van der Waals surface area (Å²) in [5.41, 5.74) is 6.85. The normalized spacial score (nSPS) is 11.9. The lowest BCUT2D eigenvalue weighted by atomic mass is 10.1. The monoisotopic (exact) mass is 305 g/mol. The predicted octanol–water partition coefficient (Wildman–Crippen LogP) is 2.60. The van der Waals surface area contributed by atoms with E-state index in [0.29, 0.717) is 5.56 Å². The van der Waals surface area contributed by atoms with Crippen molar-refractivity contribution >= 4 is 28.6 Å². The number of nitrogens with zero attached hydrogens (tertiary/aromatic N) is 1. The molecule has 1 aromatic carbocycles. The first kappa shape index (κ1) is 15.0. The average molecular weight is 305 g/mol. The molecule has 6 nitrogen and oxygen atoms in total. The van der Waals surface area contributed by atoms with Crippen LogP contribution in [0.4, 0.5) is 11.4 Å². The van der Waals surface area contributed by atoms with Gasteiger partial charge >= 0.3 is 0 Å². The smallest absolute Gasteiger partial charge is 0.292 e. The van der Waals surface area contributed by atoms with Crippen LogP contribution in [0.15, 0.2) is 35.0 Å². The Morgan fingerprint density at radius 2 is 2.24 bits per heavy atom. The maximum Gasteiger partial charge on any atom is 0.292 e. The Bertz CT molecular complexity index is 655. The molecule has 1 heterocycles. The SMILES string of the molecule is CC(Cc1ccsc1)NC(=O)c1ccc([N+](=O)[O-])c(N)c1. The van der Waals surface area contributed by atoms with Crippen LogP contribution in [0.25, 0.3) is 0 Å². The van der Waals surface area contributed by atoms with E-state index in [9.17, 15) is 14.9 Å². The Hall–Kier alpha value is -2.41. The summed E-state index contributed by atoms with van der Waals surface area (Å²) in [4.78, 5) is 22.2. The number of rotatable bonds is 5. The molecule has 0 saturated heterocycles. The van der Waals surface area contributed by atoms with Crippen LogP contribution in [0.1, 0.15) is 22.8 Å². The molecule has 7 heteroatoms. The molecule has 0 aliphatic carbocycles. The van der Waals surface area contributed by atoms with Gasteiger partial charge in [0.15, 0.2) is 0 Å². The molecule has 1 amide bonds. The van der Waals surface area contributed by atoms with E-state index in [-0.39, 0.29) is 23.3 Å². The Morgan fingerprint density at radius 1 is 1.48 bits per heavy atom. The molecule has 0 bridgehead atoms. The van der Waals surface area contributed by atoms with E-state index in [0.717, 1.165) is 12.0 Å². The second kappa shape index (κ2) is 6.36. The highest BCUT2D eigenvalue weighted by Gasteiger charge is 2.16. The molecule has 2 rings (SSSR count). The average Bonchev–Trinajstić information content (AvgIpc) is 2.90. The summed E-state index contributed by atoms with van der Waals surface area (Å²) in [6.45, 7) is 1.91. The van der Waals surface area contributed by atoms with Gasteiger partial charge in [-0.3, -0.25) is 14.9 Å². The van der Waals surface area contributed by atoms with E-state index in [4.69, 9.17) is 5.73 Å². The Labute approximate surface area is 125 Å². The van der Waals surface area contributed by atoms with Crippen LogP contribution in [-0.4, -0.2) is 16.9 Å². The summed E-state index contributed by atoms with van der Waals surface area (Å²) in [7, 11) is 0. The Morgan fingerprint density at radius 3 is 2.81 bits per heavy atom. The number of hydrogen-bond donors (Lipinski definition) is 2. The molecule has 1 unspecified atom stereocenters. The minimum atomic E-state index is -0.573. The number of nitrogens with one attached hydrogen (secondary N) is 1. The maximum absolute atomic E-state index is 12.1. The fourth-order valence-corrected chi connectivity index (χ4v) is 2.66. The molecule has 0 saturated carbocycles. The quantitative estimate of drug-likeness (QED) is 0.504. The molecule has 0 aliphatic heterocycles. The first-order valence-corrected chi connectivity index (χ1v) is 7.27. The first-order valence-electron chi connectivity index (χ1n) is 6.33. The number of nitrogens with two attached hydrogens (primary N) is 1. The lowest BCUT2D eigenvalue weighted by Crippen LogP contribution is -2.34. The predicted molar refractivity (Wildman–Crippen MR) is 82.5 cm³/mol. The summed E-state index contributed by atoms with van der Waals surface area (Å²) < 4.78 is 0. The molecule has 0 radical (unpaired) electrons. The zero-order chi connectivity index (χ0) is 15.4. The van der Waals surface area contributed by atoms with Crippen molar-refractivity contribution in [2.75, 3.05) is 5.73 Å². The number of nitro groups is 1. The van der Waals surface area contributed by atoms with E-state index < -0.39 is 4.92 Å². The van der Waals surface area contributed by atoms with Crippen LogP contribution in [0.5, 0.6) is 0 Å². The molecule has 0 aliphatic rings. The topological polar surface area (TPSA) is 98.3 Å². The molecule has 0 spiro atoms. The van der Waals surface area contributed by atoms with Crippen molar-refractivity contribution in [3.63, 3.8) is 0 Å². The number of amides is 1. The number of benzene rings is 1. The third-order valence-electron chi connectivity index (χ3n) is 2.99. The van der Waals surface area contributed by atoms with Gasteiger partial charge in [0.05, 0.1) is 4.92 Å². The second-order valence-electron chi connectivity index (χ2n) is 4.74. The van der Waals surface area contributed by atoms with E-state index in [2.05, 4.69) is 5.32 Å². The number of nitrogen functional groups attached to an aromatic ring is 1. The molecule has 110 valence electrons. The minimum Gasteiger partial charge on any atom is -0.393 e. The van der Waals surface area contributed by atoms with Crippen molar-refractivity contribution in [2.24, 2.45) is 0 Å². The van der Waals surface area contributed by atoms with Crippen LogP contribution in [0, 0.1) is 10.1 Å². The van der Waals surface area contributed by atoms with Crippen LogP contribution in [0.3, 0.4) is 0 Å². The zero-order valence-electron chi connectivity index (χ0n) is 11.4. The van der Waals surface area contributed by atoms with Crippen molar-refractivity contribution in [1.29, 1.82) is 0 Å². The van der Waals surface area contributed by atoms with Gasteiger partial charge in [-0.05, 0) is 47.9 Å². The lowest BCUT2D eigenvalue weighted by molar-refractivity contribution is -0.383.